The van der Waals surface area contributed by atoms with Crippen LogP contribution in [0.1, 0.15) is 97.5 Å². The van der Waals surface area contributed by atoms with Gasteiger partial charge in [-0.2, -0.15) is 0 Å². The van der Waals surface area contributed by atoms with E-state index >= 15 is 0 Å². The van der Waals surface area contributed by atoms with Gasteiger partial charge in [0.05, 0.1) is 18.3 Å². The number of amides is 11. The van der Waals surface area contributed by atoms with Gasteiger partial charge in [-0.1, -0.05) is 44.2 Å². The molecule has 1 saturated heterocycles. The van der Waals surface area contributed by atoms with E-state index in [4.69, 9.17) is 28.7 Å². The molecule has 0 spiro atoms. The second-order valence-corrected chi connectivity index (χ2v) is 21.1. The molecule has 1 aliphatic heterocycles. The average molecular weight is 1160 g/mol. The molecule has 0 radical (unpaired) electrons. The summed E-state index contributed by atoms with van der Waals surface area (Å²) >= 11 is 0. The summed E-state index contributed by atoms with van der Waals surface area (Å²) in [4.78, 5) is 153. The first-order chi connectivity index (χ1) is 38.8. The summed E-state index contributed by atoms with van der Waals surface area (Å²) in [6, 6.07) is -6.15. The van der Waals surface area contributed by atoms with Crippen LogP contribution in [0.2, 0.25) is 0 Å². The van der Waals surface area contributed by atoms with E-state index in [2.05, 4.69) is 58.5 Å². The number of rotatable bonds is 24. The van der Waals surface area contributed by atoms with E-state index in [0.29, 0.717) is 6.42 Å². The molecule has 30 nitrogen and oxygen atoms in total. The molecule has 2 aliphatic rings. The zero-order valence-corrected chi connectivity index (χ0v) is 47.2. The minimum atomic E-state index is -1.73. The second kappa shape index (κ2) is 34.5. The maximum Gasteiger partial charge on any atom is 0.245 e. The lowest BCUT2D eigenvalue weighted by molar-refractivity contribution is -0.137. The Labute approximate surface area is 476 Å². The molecule has 15 atom stereocenters. The molecule has 1 aromatic rings. The summed E-state index contributed by atoms with van der Waals surface area (Å²) < 4.78 is 0. The van der Waals surface area contributed by atoms with E-state index in [0.717, 1.165) is 5.56 Å². The van der Waals surface area contributed by atoms with Gasteiger partial charge in [-0.3, -0.25) is 52.7 Å². The van der Waals surface area contributed by atoms with Crippen molar-refractivity contribution in [1.29, 1.82) is 0 Å². The summed E-state index contributed by atoms with van der Waals surface area (Å²) in [5, 5.41) is 59.5. The Bertz CT molecular complexity index is 2330. The molecule has 1 heterocycles. The predicted octanol–water partition coefficient (Wildman–Crippen LogP) is -7.91. The molecular formula is C52H88N16O14. The molecule has 82 heavy (non-hydrogen) atoms. The molecule has 24 N–H and O–H groups in total. The minimum absolute atomic E-state index is 0.0395. The maximum absolute atomic E-state index is 14.4. The first-order valence-corrected chi connectivity index (χ1v) is 27.7. The van der Waals surface area contributed by atoms with Crippen molar-refractivity contribution in [2.24, 2.45) is 40.5 Å². The molecular weight excluding hydrogens is 1070 g/mol. The number of carbonyl (C=O) groups is 11. The van der Waals surface area contributed by atoms with Crippen LogP contribution in [0.15, 0.2) is 30.3 Å². The van der Waals surface area contributed by atoms with Gasteiger partial charge < -0.3 is 102 Å². The first-order valence-electron chi connectivity index (χ1n) is 27.7. The van der Waals surface area contributed by atoms with Gasteiger partial charge in [0.15, 0.2) is 0 Å². The van der Waals surface area contributed by atoms with Crippen molar-refractivity contribution in [3.05, 3.63) is 35.9 Å². The predicted molar refractivity (Wildman–Crippen MR) is 297 cm³/mol. The van der Waals surface area contributed by atoms with E-state index < -0.39 is 163 Å². The van der Waals surface area contributed by atoms with E-state index in [1.165, 1.54) is 20.8 Å². The van der Waals surface area contributed by atoms with Gasteiger partial charge in [-0.05, 0) is 122 Å². The number of aliphatic hydroxyl groups is 3. The first kappa shape index (κ1) is 69.3. The van der Waals surface area contributed by atoms with Crippen molar-refractivity contribution in [3.63, 3.8) is 0 Å². The lowest BCUT2D eigenvalue weighted by Crippen LogP contribution is -2.62. The molecule has 1 aromatic carbocycles. The third-order valence-corrected chi connectivity index (χ3v) is 13.7. The topological polar surface area (TPSA) is 511 Å². The quantitative estimate of drug-likeness (QED) is 0.0457. The van der Waals surface area contributed by atoms with Gasteiger partial charge >= 0.3 is 0 Å². The molecule has 11 amide bonds. The van der Waals surface area contributed by atoms with Crippen molar-refractivity contribution in [3.8, 4) is 0 Å². The van der Waals surface area contributed by atoms with Crippen molar-refractivity contribution in [1.82, 2.24) is 58.5 Å². The van der Waals surface area contributed by atoms with Crippen molar-refractivity contribution in [2.45, 2.75) is 171 Å². The highest BCUT2D eigenvalue weighted by Gasteiger charge is 2.45. The van der Waals surface area contributed by atoms with Crippen LogP contribution in [0.5, 0.6) is 0 Å². The van der Waals surface area contributed by atoms with Gasteiger partial charge in [0.25, 0.3) is 0 Å². The zero-order valence-electron chi connectivity index (χ0n) is 47.2. The third-order valence-electron chi connectivity index (χ3n) is 13.7. The van der Waals surface area contributed by atoms with E-state index in [1.54, 1.807) is 13.8 Å². The fourth-order valence-corrected chi connectivity index (χ4v) is 9.02. The lowest BCUT2D eigenvalue weighted by Gasteiger charge is -2.29. The van der Waals surface area contributed by atoms with E-state index in [9.17, 15) is 68.1 Å². The van der Waals surface area contributed by atoms with Crippen LogP contribution in [0.4, 0.5) is 0 Å². The molecule has 2 unspecified atom stereocenters. The molecule has 3 rings (SSSR count). The number of nitrogens with one attached hydrogen (secondary N) is 11. The zero-order chi connectivity index (χ0) is 61.4. The Morgan fingerprint density at radius 2 is 1.01 bits per heavy atom. The fourth-order valence-electron chi connectivity index (χ4n) is 9.02. The highest BCUT2D eigenvalue weighted by molar-refractivity contribution is 5.99. The SMILES string of the molecule is CC(C)C[C@H]1NC(=O)[C@H](CCN)NC(=O)[C@@H](NC(=O)[C@@H](CCN)NC(=O)[C@@H](NC(=O)[C@H](CCN)NC(=O)C2CC2c2ccccc2)[C@H](C)O)CCNC(=O)[C@H]([C@H](C)O)NC(=O)[C@H](CCN)NC(=O)[C@H](CCN)NC(=O)[C@H]([C@H](C)O)NC1=O. The number of nitrogens with two attached hydrogens (primary N) is 5. The molecule has 1 aliphatic carbocycles. The van der Waals surface area contributed by atoms with Crippen LogP contribution >= 0.6 is 0 Å². The van der Waals surface area contributed by atoms with Crippen LogP contribution in [0, 0.1) is 11.8 Å². The van der Waals surface area contributed by atoms with Crippen LogP contribution in [0.3, 0.4) is 0 Å². The van der Waals surface area contributed by atoms with Crippen LogP contribution in [-0.4, -0.2) is 198 Å². The van der Waals surface area contributed by atoms with Gasteiger partial charge in [0.2, 0.25) is 65.0 Å². The normalized spacial score (nSPS) is 25.8. The molecule has 0 bridgehead atoms. The van der Waals surface area contributed by atoms with Gasteiger partial charge in [0, 0.05) is 12.5 Å². The Kier molecular flexibility index (Phi) is 29.2. The van der Waals surface area contributed by atoms with Gasteiger partial charge in [-0.25, -0.2) is 0 Å². The average Bonchev–Trinajstić information content (AvgIpc) is 4.40. The summed E-state index contributed by atoms with van der Waals surface area (Å²) in [6.07, 6.45) is -5.73. The smallest absolute Gasteiger partial charge is 0.245 e. The van der Waals surface area contributed by atoms with Gasteiger partial charge in [-0.15, -0.1) is 0 Å². The molecule has 460 valence electrons. The number of hydrogen-bond donors (Lipinski definition) is 19. The number of carbonyl (C=O) groups excluding carboxylic acids is 11. The summed E-state index contributed by atoms with van der Waals surface area (Å²) in [5.74, 6) is -11.1. The standard InChI is InChI=1S/C52H88N16O14/c1-25(2)23-38-49(79)68-41(28(5)71)52(82)63-33(12-18-54)43(73)61-36(15-21-57)48(78)66-39(26(3)69)50(80)58-22-16-37(46(76)60-32(11-17-53)45(75)65-38)62-44(74)34(13-19-55)64-51(81)40(27(4)70)67-47(77)35(14-20-56)59-42(72)31-24-30(31)29-9-7-6-8-10-29/h6-10,25-28,30-41,69-71H,11-24,53-57H2,1-5H3,(H,58,80)(H,59,72)(H,60,76)(H,61,73)(H,62,74)(H,63,82)(H,64,81)(H,65,75)(H,66,78)(H,67,77)(H,68,79)/t26-,27-,28-,30?,31?,32-,33-,34+,35-,36-,37-,38+,39-,40-,41-/m0/s1. The highest BCUT2D eigenvalue weighted by atomic mass is 16.3. The summed E-state index contributed by atoms with van der Waals surface area (Å²) in [5.41, 5.74) is 30.1. The van der Waals surface area contributed by atoms with Crippen LogP contribution < -0.4 is 87.2 Å². The summed E-state index contributed by atoms with van der Waals surface area (Å²) in [6.45, 7) is 5.69. The van der Waals surface area contributed by atoms with E-state index in [-0.39, 0.29) is 83.1 Å². The van der Waals surface area contributed by atoms with Crippen LogP contribution in [0.25, 0.3) is 0 Å². The van der Waals surface area contributed by atoms with Crippen molar-refractivity contribution in [2.75, 3.05) is 39.3 Å². The summed E-state index contributed by atoms with van der Waals surface area (Å²) in [7, 11) is 0. The second-order valence-electron chi connectivity index (χ2n) is 21.1. The number of hydrogen-bond acceptors (Lipinski definition) is 19. The molecule has 0 aromatic heterocycles. The van der Waals surface area contributed by atoms with Crippen molar-refractivity contribution >= 4 is 65.0 Å². The number of benzene rings is 1. The minimum Gasteiger partial charge on any atom is -0.391 e. The van der Waals surface area contributed by atoms with Crippen molar-refractivity contribution < 1.29 is 68.1 Å². The highest BCUT2D eigenvalue weighted by Crippen LogP contribution is 2.47. The lowest BCUT2D eigenvalue weighted by atomic mass is 10.0. The molecule has 1 saturated carbocycles. The maximum atomic E-state index is 14.4. The largest absolute Gasteiger partial charge is 0.391 e. The third kappa shape index (κ3) is 21.8. The number of aliphatic hydroxyl groups excluding tert-OH is 3. The Morgan fingerprint density at radius 3 is 1.50 bits per heavy atom. The Balaban J connectivity index is 2.00. The fraction of sp³-hybridized carbons (Fsp3) is 0.673. The van der Waals surface area contributed by atoms with E-state index in [1.807, 2.05) is 30.3 Å². The van der Waals surface area contributed by atoms with Crippen LogP contribution in [-0.2, 0) is 52.7 Å². The van der Waals surface area contributed by atoms with Gasteiger partial charge in [0.1, 0.15) is 60.4 Å². The Hall–Kier alpha value is -6.93. The Morgan fingerprint density at radius 1 is 0.549 bits per heavy atom. The molecule has 2 fully saturated rings. The monoisotopic (exact) mass is 1160 g/mol. The molecule has 30 heteroatoms.